The molecule has 1 aromatic heterocycles. The maximum absolute atomic E-state index is 11.7. The van der Waals surface area contributed by atoms with Gasteiger partial charge in [-0.05, 0) is 42.5 Å². The second kappa shape index (κ2) is 8.15. The van der Waals surface area contributed by atoms with Gasteiger partial charge < -0.3 is 14.9 Å². The summed E-state index contributed by atoms with van der Waals surface area (Å²) in [5.41, 5.74) is 3.56. The van der Waals surface area contributed by atoms with Gasteiger partial charge >= 0.3 is 5.95 Å². The van der Waals surface area contributed by atoms with Crippen molar-refractivity contribution in [1.82, 2.24) is 25.6 Å². The first-order chi connectivity index (χ1) is 11.8. The summed E-state index contributed by atoms with van der Waals surface area (Å²) in [5.74, 6) is -0.565. The summed E-state index contributed by atoms with van der Waals surface area (Å²) >= 11 is 5.91. The van der Waals surface area contributed by atoms with Crippen LogP contribution in [0.1, 0.15) is 12.5 Å². The van der Waals surface area contributed by atoms with E-state index in [1.54, 1.807) is 25.1 Å². The number of amides is 1. The van der Waals surface area contributed by atoms with E-state index in [0.717, 1.165) is 10.4 Å². The van der Waals surface area contributed by atoms with Crippen molar-refractivity contribution in [3.05, 3.63) is 38.9 Å². The van der Waals surface area contributed by atoms with Gasteiger partial charge in [0.2, 0.25) is 0 Å². The molecule has 132 valence electrons. The van der Waals surface area contributed by atoms with Crippen LogP contribution >= 0.6 is 11.6 Å². The molecule has 0 saturated heterocycles. The van der Waals surface area contributed by atoms with E-state index in [1.807, 2.05) is 6.92 Å². The van der Waals surface area contributed by atoms with Crippen molar-refractivity contribution in [3.8, 4) is 5.75 Å². The van der Waals surface area contributed by atoms with Crippen LogP contribution in [0.4, 0.5) is 5.95 Å². The van der Waals surface area contributed by atoms with Crippen LogP contribution in [0.5, 0.6) is 5.75 Å². The maximum atomic E-state index is 11.7. The summed E-state index contributed by atoms with van der Waals surface area (Å²) in [6.07, 6.45) is 0. The Morgan fingerprint density at radius 1 is 1.52 bits per heavy atom. The van der Waals surface area contributed by atoms with Gasteiger partial charge in [-0.1, -0.05) is 16.4 Å². The summed E-state index contributed by atoms with van der Waals surface area (Å²) in [5, 5.41) is 25.2. The van der Waals surface area contributed by atoms with Crippen LogP contribution < -0.4 is 10.2 Å². The van der Waals surface area contributed by atoms with E-state index in [-0.39, 0.29) is 13.2 Å². The molecule has 12 heteroatoms. The van der Waals surface area contributed by atoms with Crippen LogP contribution in [0.3, 0.4) is 0 Å². The quantitative estimate of drug-likeness (QED) is 0.439. The van der Waals surface area contributed by atoms with Crippen molar-refractivity contribution in [2.75, 3.05) is 6.61 Å². The van der Waals surface area contributed by atoms with Gasteiger partial charge in [-0.2, -0.15) is 5.10 Å². The molecule has 0 aliphatic carbocycles. The number of hydrogen-bond donors (Lipinski definition) is 1. The third-order valence-electron chi connectivity index (χ3n) is 2.85. The summed E-state index contributed by atoms with van der Waals surface area (Å²) in [7, 11) is 0. The van der Waals surface area contributed by atoms with Crippen molar-refractivity contribution in [1.29, 1.82) is 0 Å². The molecular weight excluding hydrogens is 354 g/mol. The average molecular weight is 368 g/mol. The Kier molecular flexibility index (Phi) is 5.95. The van der Waals surface area contributed by atoms with Crippen LogP contribution in [0.2, 0.25) is 5.02 Å². The first kappa shape index (κ1) is 18.3. The second-order valence-electron chi connectivity index (χ2n) is 4.96. The fourth-order valence-electron chi connectivity index (χ4n) is 1.66. The molecule has 0 fully saturated rings. The molecule has 1 aromatic carbocycles. The van der Waals surface area contributed by atoms with E-state index in [1.165, 1.54) is 0 Å². The summed E-state index contributed by atoms with van der Waals surface area (Å²) in [4.78, 5) is 22.4. The van der Waals surface area contributed by atoms with Gasteiger partial charge in [-0.15, -0.1) is 0 Å². The highest BCUT2D eigenvalue weighted by atomic mass is 35.5. The van der Waals surface area contributed by atoms with Gasteiger partial charge in [0.25, 0.3) is 5.91 Å². The summed E-state index contributed by atoms with van der Waals surface area (Å²) in [6.45, 7) is 3.23. The lowest BCUT2D eigenvalue weighted by Gasteiger charge is -2.07. The first-order valence-corrected chi connectivity index (χ1v) is 7.36. The van der Waals surface area contributed by atoms with Crippen LogP contribution in [0.15, 0.2) is 23.3 Å². The van der Waals surface area contributed by atoms with Crippen molar-refractivity contribution in [2.45, 2.75) is 20.4 Å². The molecule has 0 spiro atoms. The van der Waals surface area contributed by atoms with E-state index in [0.29, 0.717) is 16.5 Å². The molecule has 0 atom stereocenters. The van der Waals surface area contributed by atoms with Crippen LogP contribution in [-0.2, 0) is 11.3 Å². The van der Waals surface area contributed by atoms with Gasteiger partial charge in [0.15, 0.2) is 6.61 Å². The molecule has 2 aromatic rings. The molecule has 0 bridgehead atoms. The number of benzene rings is 1. The molecule has 0 saturated carbocycles. The van der Waals surface area contributed by atoms with E-state index in [2.05, 4.69) is 25.9 Å². The monoisotopic (exact) mass is 367 g/mol. The number of ether oxygens (including phenoxy) is 1. The molecule has 2 rings (SSSR count). The van der Waals surface area contributed by atoms with Crippen LogP contribution in [0, 0.1) is 17.0 Å². The summed E-state index contributed by atoms with van der Waals surface area (Å²) in [6, 6.07) is 5.05. The molecule has 0 aliphatic heterocycles. The molecule has 1 amide bonds. The fraction of sp³-hybridized carbons (Fsp3) is 0.308. The Hall–Kier alpha value is -3.08. The van der Waals surface area contributed by atoms with E-state index in [9.17, 15) is 14.9 Å². The number of carbonyl (C=O) groups excluding carboxylic acids is 1. The normalized spacial score (nSPS) is 11.2. The van der Waals surface area contributed by atoms with Gasteiger partial charge in [-0.3, -0.25) is 4.79 Å². The molecule has 1 N–H and O–H groups in total. The van der Waals surface area contributed by atoms with Crippen molar-refractivity contribution >= 4 is 29.2 Å². The number of tetrazole rings is 1. The largest absolute Gasteiger partial charge is 0.514 e. The fourth-order valence-corrected chi connectivity index (χ4v) is 1.78. The number of halogens is 1. The van der Waals surface area contributed by atoms with Gasteiger partial charge in [0, 0.05) is 10.2 Å². The van der Waals surface area contributed by atoms with Gasteiger partial charge in [-0.25, -0.2) is 5.43 Å². The zero-order chi connectivity index (χ0) is 18.4. The molecule has 1 heterocycles. The summed E-state index contributed by atoms with van der Waals surface area (Å²) < 4.78 is 5.33. The number of nitrogens with zero attached hydrogens (tertiary/aromatic N) is 6. The highest BCUT2D eigenvalue weighted by molar-refractivity contribution is 6.31. The highest BCUT2D eigenvalue weighted by Crippen LogP contribution is 2.20. The molecule has 25 heavy (non-hydrogen) atoms. The van der Waals surface area contributed by atoms with E-state index < -0.39 is 16.8 Å². The van der Waals surface area contributed by atoms with Crippen LogP contribution in [0.25, 0.3) is 0 Å². The molecular formula is C13H14ClN7O4. The van der Waals surface area contributed by atoms with Crippen molar-refractivity contribution in [3.63, 3.8) is 0 Å². The lowest BCUT2D eigenvalue weighted by Crippen LogP contribution is -2.26. The van der Waals surface area contributed by atoms with Gasteiger partial charge in [0.1, 0.15) is 12.3 Å². The molecule has 11 nitrogen and oxygen atoms in total. The predicted octanol–water partition coefficient (Wildman–Crippen LogP) is 1.11. The minimum absolute atomic E-state index is 0.0400. The lowest BCUT2D eigenvalue weighted by atomic mass is 10.2. The molecule has 0 unspecified atom stereocenters. The first-order valence-electron chi connectivity index (χ1n) is 6.98. The minimum atomic E-state index is -0.756. The number of aryl methyl sites for hydroxylation is 1. The lowest BCUT2D eigenvalue weighted by molar-refractivity contribution is -0.394. The Balaban J connectivity index is 1.81. The number of nitro groups is 1. The zero-order valence-electron chi connectivity index (χ0n) is 13.3. The topological polar surface area (TPSA) is 137 Å². The Morgan fingerprint density at radius 3 is 2.92 bits per heavy atom. The zero-order valence-corrected chi connectivity index (χ0v) is 14.1. The third kappa shape index (κ3) is 5.49. The second-order valence-corrected chi connectivity index (χ2v) is 5.37. The van der Waals surface area contributed by atoms with Gasteiger partial charge in [0.05, 0.1) is 15.9 Å². The van der Waals surface area contributed by atoms with E-state index >= 15 is 0 Å². The minimum Gasteiger partial charge on any atom is -0.484 e. The molecule has 0 radical (unpaired) electrons. The predicted molar refractivity (Wildman–Crippen MR) is 87.4 cm³/mol. The van der Waals surface area contributed by atoms with Crippen molar-refractivity contribution < 1.29 is 14.5 Å². The maximum Gasteiger partial charge on any atom is 0.514 e. The van der Waals surface area contributed by atoms with Crippen molar-refractivity contribution in [2.24, 2.45) is 5.10 Å². The van der Waals surface area contributed by atoms with E-state index in [4.69, 9.17) is 16.3 Å². The Morgan fingerprint density at radius 2 is 2.28 bits per heavy atom. The number of hydrazone groups is 1. The standard InChI is InChI=1S/C13H14ClN7O4/c1-8-5-10(3-4-11(8)14)25-7-12(22)16-15-9(2)6-20-18-13(17-19-20)21(23)24/h3-5H,6-7H2,1-2H3,(H,16,22)/b15-9-. The third-order valence-corrected chi connectivity index (χ3v) is 3.27. The number of hydrogen-bond acceptors (Lipinski definition) is 8. The number of carbonyl (C=O) groups is 1. The number of nitrogens with one attached hydrogen (secondary N) is 1. The Labute approximate surface area is 146 Å². The average Bonchev–Trinajstić information content (AvgIpc) is 3.03. The SMILES string of the molecule is C/C(Cn1nnc([N+](=O)[O-])n1)=N/NC(=O)COc1ccc(Cl)c(C)c1. The number of rotatable bonds is 7. The highest BCUT2D eigenvalue weighted by Gasteiger charge is 2.15. The molecule has 0 aliphatic rings. The van der Waals surface area contributed by atoms with Crippen LogP contribution in [-0.4, -0.2) is 43.4 Å². The number of aromatic nitrogens is 4. The Bertz CT molecular complexity index is 820. The smallest absolute Gasteiger partial charge is 0.484 e.